The summed E-state index contributed by atoms with van der Waals surface area (Å²) in [5.41, 5.74) is 0. The van der Waals surface area contributed by atoms with Crippen LogP contribution in [0.25, 0.3) is 0 Å². The maximum absolute atomic E-state index is 8.25. The molecule has 0 aliphatic rings. The van der Waals surface area contributed by atoms with Crippen LogP contribution in [-0.4, -0.2) is 0 Å². The molecular weight excluding hydrogens is 286 g/mol. The SMILES string of the molecule is [Ag+].[Ag+].[Cl-].[O-]F. The third-order valence-corrected chi connectivity index (χ3v) is 0. The third kappa shape index (κ3) is 27.5. The molecule has 0 aromatic heterocycles. The predicted octanol–water partition coefficient (Wildman–Crippen LogP) is -3.77. The van der Waals surface area contributed by atoms with Crippen molar-refractivity contribution in [2.75, 3.05) is 0 Å². The Morgan fingerprint density at radius 2 is 1.00 bits per heavy atom. The number of hydrogen-bond donors (Lipinski definition) is 0. The van der Waals surface area contributed by atoms with E-state index in [1.807, 2.05) is 0 Å². The second kappa shape index (κ2) is 44.6. The maximum Gasteiger partial charge on any atom is 1.00 e. The number of hydrogen-bond acceptors (Lipinski definition) is 1. The van der Waals surface area contributed by atoms with Crippen molar-refractivity contribution in [3.8, 4) is 0 Å². The fourth-order valence-electron chi connectivity index (χ4n) is 0. The van der Waals surface area contributed by atoms with Crippen molar-refractivity contribution >= 4 is 0 Å². The van der Waals surface area contributed by atoms with Gasteiger partial charge in [-0.25, -0.2) is 0 Å². The monoisotopic (exact) mass is 284 g/mol. The molecule has 0 spiro atoms. The van der Waals surface area contributed by atoms with Crippen molar-refractivity contribution in [1.29, 1.82) is 0 Å². The van der Waals surface area contributed by atoms with Gasteiger partial charge in [-0.2, -0.15) is 0 Å². The molecule has 0 aromatic carbocycles. The summed E-state index contributed by atoms with van der Waals surface area (Å²) < 4.78 is 8.25. The van der Waals surface area contributed by atoms with Gasteiger partial charge in [0, 0.05) is 0 Å². The Bertz CT molecular complexity index is 9.61. The Hall–Kier alpha value is 1.66. The molecule has 0 aliphatic heterocycles. The molecule has 5 heavy (non-hydrogen) atoms. The second-order valence-corrected chi connectivity index (χ2v) is 0. The fraction of sp³-hybridized carbons (Fsp3) is 0. The van der Waals surface area contributed by atoms with Crippen LogP contribution in [0.5, 0.6) is 0 Å². The molecule has 0 atom stereocenters. The smallest absolute Gasteiger partial charge is 1.00 e. The maximum atomic E-state index is 8.25. The Morgan fingerprint density at radius 3 is 1.00 bits per heavy atom. The second-order valence-electron chi connectivity index (χ2n) is 0. The molecule has 42 valence electrons. The minimum atomic E-state index is 0. The summed E-state index contributed by atoms with van der Waals surface area (Å²) in [5, 5.41) is 6.75. The first-order chi connectivity index (χ1) is 1.00. The molecule has 0 N–H and O–H groups in total. The van der Waals surface area contributed by atoms with Crippen molar-refractivity contribution in [3.63, 3.8) is 0 Å². The van der Waals surface area contributed by atoms with Crippen LogP contribution >= 0.6 is 0 Å². The molecule has 0 bridgehead atoms. The molecule has 0 amide bonds. The number of halogens is 2. The van der Waals surface area contributed by atoms with Gasteiger partial charge in [0.05, 0.1) is 0 Å². The van der Waals surface area contributed by atoms with Gasteiger partial charge >= 0.3 is 44.8 Å². The van der Waals surface area contributed by atoms with Crippen molar-refractivity contribution in [2.24, 2.45) is 0 Å². The van der Waals surface area contributed by atoms with Crippen LogP contribution in [0.2, 0.25) is 0 Å². The molecule has 1 nitrogen and oxygen atoms in total. The number of rotatable bonds is 0. The van der Waals surface area contributed by atoms with Gasteiger partial charge in [0.2, 0.25) is 0 Å². The van der Waals surface area contributed by atoms with Crippen LogP contribution in [0, 0.1) is 0 Å². The first-order valence-electron chi connectivity index (χ1n) is 0.154. The molecule has 0 heterocycles. The Labute approximate surface area is 66.7 Å². The van der Waals surface area contributed by atoms with Gasteiger partial charge in [-0.15, -0.1) is 0 Å². The van der Waals surface area contributed by atoms with E-state index in [0.717, 1.165) is 0 Å². The largest absolute Gasteiger partial charge is 1.00 e. The normalized spacial score (nSPS) is 1.20. The summed E-state index contributed by atoms with van der Waals surface area (Å²) in [4.78, 5) is 0. The summed E-state index contributed by atoms with van der Waals surface area (Å²) in [7, 11) is 0. The van der Waals surface area contributed by atoms with Crippen LogP contribution in [0.15, 0.2) is 0 Å². The fourth-order valence-corrected chi connectivity index (χ4v) is 0. The minimum Gasteiger partial charge on any atom is -1.00 e. The molecule has 0 fully saturated rings. The molecule has 0 saturated carbocycles. The zero-order chi connectivity index (χ0) is 2.00. The van der Waals surface area contributed by atoms with E-state index in [2.05, 4.69) is 0 Å². The quantitative estimate of drug-likeness (QED) is 0.419. The van der Waals surface area contributed by atoms with Gasteiger partial charge in [0.25, 0.3) is 0 Å². The molecular formula is Ag2ClFO. The zero-order valence-corrected chi connectivity index (χ0v) is 5.49. The van der Waals surface area contributed by atoms with Crippen molar-refractivity contribution in [2.45, 2.75) is 0 Å². The average molecular weight is 286 g/mol. The Kier molecular flexibility index (Phi) is 269. The van der Waals surface area contributed by atoms with Crippen LogP contribution in [-0.2, 0) is 44.8 Å². The van der Waals surface area contributed by atoms with E-state index in [4.69, 9.17) is 9.84 Å². The van der Waals surface area contributed by atoms with Gasteiger partial charge in [0.15, 0.2) is 0 Å². The zero-order valence-electron chi connectivity index (χ0n) is 1.77. The Morgan fingerprint density at radius 1 is 1.00 bits per heavy atom. The summed E-state index contributed by atoms with van der Waals surface area (Å²) in [5.74, 6) is 0. The first kappa shape index (κ1) is 30.2. The predicted molar refractivity (Wildman–Crippen MR) is 1.11 cm³/mol. The van der Waals surface area contributed by atoms with E-state index in [9.17, 15) is 0 Å². The molecule has 0 radical (unpaired) electrons. The van der Waals surface area contributed by atoms with Gasteiger partial charge < -0.3 is 22.2 Å². The van der Waals surface area contributed by atoms with Gasteiger partial charge in [-0.1, -0.05) is 0 Å². The summed E-state index contributed by atoms with van der Waals surface area (Å²) in [6.07, 6.45) is 0. The molecule has 0 unspecified atom stereocenters. The van der Waals surface area contributed by atoms with Crippen molar-refractivity contribution in [1.82, 2.24) is 0 Å². The third-order valence-electron chi connectivity index (χ3n) is 0. The molecule has 0 aliphatic carbocycles. The van der Waals surface area contributed by atoms with Crippen molar-refractivity contribution in [3.05, 3.63) is 0 Å². The van der Waals surface area contributed by atoms with Crippen LogP contribution < -0.4 is 17.7 Å². The van der Waals surface area contributed by atoms with E-state index in [1.165, 1.54) is 0 Å². The minimum absolute atomic E-state index is 0. The molecule has 0 aromatic rings. The van der Waals surface area contributed by atoms with Gasteiger partial charge in [-0.05, 0) is 0 Å². The van der Waals surface area contributed by atoms with Gasteiger partial charge in [-0.3, -0.25) is 0 Å². The van der Waals surface area contributed by atoms with Gasteiger partial charge in [0.1, 0.15) is 0 Å². The van der Waals surface area contributed by atoms with E-state index in [1.54, 1.807) is 0 Å². The Balaban J connectivity index is -0.00000000167. The van der Waals surface area contributed by atoms with Crippen LogP contribution in [0.3, 0.4) is 0 Å². The standard InChI is InChI=1S/2Ag.ClH.FO/c;;;1-2/h;;1H;/q2*+1;;-1/p-1. The van der Waals surface area contributed by atoms with Crippen LogP contribution in [0.4, 0.5) is 4.53 Å². The van der Waals surface area contributed by atoms with E-state index < -0.39 is 0 Å². The molecule has 0 saturated heterocycles. The topological polar surface area (TPSA) is 23.1 Å². The van der Waals surface area contributed by atoms with Crippen LogP contribution in [0.1, 0.15) is 0 Å². The summed E-state index contributed by atoms with van der Waals surface area (Å²) in [6.45, 7) is 0. The van der Waals surface area contributed by atoms with E-state index in [0.29, 0.717) is 0 Å². The average Bonchev–Trinajstić information content (AvgIpc) is 1.00. The van der Waals surface area contributed by atoms with Crippen molar-refractivity contribution < 1.29 is 67.0 Å². The van der Waals surface area contributed by atoms with E-state index >= 15 is 0 Å². The summed E-state index contributed by atoms with van der Waals surface area (Å²) >= 11 is 0. The summed E-state index contributed by atoms with van der Waals surface area (Å²) in [6, 6.07) is 0. The molecule has 0 rings (SSSR count). The first-order valence-corrected chi connectivity index (χ1v) is 0.154. The molecule has 5 heteroatoms. The van der Waals surface area contributed by atoms with E-state index in [-0.39, 0.29) is 57.2 Å².